The number of hydrogen-bond donors (Lipinski definition) is 1. The highest BCUT2D eigenvalue weighted by molar-refractivity contribution is 5.95. The molecule has 0 spiro atoms. The van der Waals surface area contributed by atoms with E-state index in [4.69, 9.17) is 0 Å². The van der Waals surface area contributed by atoms with E-state index in [9.17, 15) is 14.7 Å². The first-order valence-corrected chi connectivity index (χ1v) is 5.80. The number of Topliss-reactive ketones (excluding diaryl/α,β-unsaturated/α-hetero) is 1. The Morgan fingerprint density at radius 1 is 1.32 bits per heavy atom. The Hall–Kier alpha value is -2.56. The number of ketones is 1. The van der Waals surface area contributed by atoms with E-state index < -0.39 is 0 Å². The van der Waals surface area contributed by atoms with Crippen LogP contribution in [0.5, 0.6) is 5.75 Å². The lowest BCUT2D eigenvalue weighted by molar-refractivity contribution is 0.0983. The smallest absolute Gasteiger partial charge is 0.180 e. The summed E-state index contributed by atoms with van der Waals surface area (Å²) in [4.78, 5) is 30.4. The van der Waals surface area contributed by atoms with Crippen LogP contribution in [0.25, 0.3) is 11.3 Å². The second-order valence-corrected chi connectivity index (χ2v) is 3.92. The zero-order valence-electron chi connectivity index (χ0n) is 10.3. The van der Waals surface area contributed by atoms with Gasteiger partial charge in [-0.15, -0.1) is 0 Å². The summed E-state index contributed by atoms with van der Waals surface area (Å²) in [6.45, 7) is 1.75. The maximum absolute atomic E-state index is 11.6. The number of carbonyl (C=O) groups excluding carboxylic acids is 2. The quantitative estimate of drug-likeness (QED) is 0.670. The minimum absolute atomic E-state index is 0.0899. The molecule has 0 atom stereocenters. The molecule has 0 aliphatic rings. The molecular weight excluding hydrogens is 244 g/mol. The lowest BCUT2D eigenvalue weighted by Crippen LogP contribution is -2.00. The number of rotatable bonds is 4. The molecule has 96 valence electrons. The largest absolute Gasteiger partial charge is 0.505 e. The van der Waals surface area contributed by atoms with Gasteiger partial charge in [0.05, 0.1) is 5.56 Å². The lowest BCUT2D eigenvalue weighted by atomic mass is 10.1. The third-order valence-corrected chi connectivity index (χ3v) is 2.72. The van der Waals surface area contributed by atoms with Crippen LogP contribution in [-0.2, 0) is 0 Å². The van der Waals surface area contributed by atoms with Crippen molar-refractivity contribution in [3.63, 3.8) is 0 Å². The van der Waals surface area contributed by atoms with E-state index in [2.05, 4.69) is 9.97 Å². The van der Waals surface area contributed by atoms with Gasteiger partial charge in [-0.3, -0.25) is 19.6 Å². The molecule has 0 aliphatic carbocycles. The fraction of sp³-hybridized carbons (Fsp3) is 0.143. The van der Waals surface area contributed by atoms with Crippen LogP contribution in [-0.4, -0.2) is 27.1 Å². The Bertz CT molecular complexity index is 638. The molecule has 0 amide bonds. The third-order valence-electron chi connectivity index (χ3n) is 2.72. The minimum Gasteiger partial charge on any atom is -0.505 e. The summed E-state index contributed by atoms with van der Waals surface area (Å²) in [5.41, 5.74) is 1.29. The van der Waals surface area contributed by atoms with Gasteiger partial charge >= 0.3 is 0 Å². The Morgan fingerprint density at radius 2 is 2.05 bits per heavy atom. The highest BCUT2D eigenvalue weighted by atomic mass is 16.3. The van der Waals surface area contributed by atoms with E-state index in [0.29, 0.717) is 24.0 Å². The first-order chi connectivity index (χ1) is 9.17. The molecule has 0 bridgehead atoms. The SMILES string of the molecule is CCC(=O)c1cc(-c2nccc(C=O)c2O)ccn1. The minimum atomic E-state index is -0.196. The van der Waals surface area contributed by atoms with Crippen LogP contribution >= 0.6 is 0 Å². The van der Waals surface area contributed by atoms with Gasteiger partial charge < -0.3 is 5.11 Å². The molecule has 2 aromatic rings. The van der Waals surface area contributed by atoms with Gasteiger partial charge in [0.25, 0.3) is 0 Å². The van der Waals surface area contributed by atoms with Crippen LogP contribution in [0, 0.1) is 0 Å². The number of nitrogens with zero attached hydrogens (tertiary/aromatic N) is 2. The van der Waals surface area contributed by atoms with Crippen molar-refractivity contribution in [3.05, 3.63) is 41.9 Å². The molecule has 5 nitrogen and oxygen atoms in total. The fourth-order valence-electron chi connectivity index (χ4n) is 1.69. The van der Waals surface area contributed by atoms with E-state index in [1.165, 1.54) is 18.5 Å². The van der Waals surface area contributed by atoms with Gasteiger partial charge in [-0.05, 0) is 18.2 Å². The summed E-state index contributed by atoms with van der Waals surface area (Å²) >= 11 is 0. The first kappa shape index (κ1) is 12.9. The Kier molecular flexibility index (Phi) is 3.66. The predicted molar refractivity (Wildman–Crippen MR) is 69.1 cm³/mol. The highest BCUT2D eigenvalue weighted by Gasteiger charge is 2.12. The van der Waals surface area contributed by atoms with Crippen molar-refractivity contribution >= 4 is 12.1 Å². The molecule has 5 heteroatoms. The Balaban J connectivity index is 2.53. The van der Waals surface area contributed by atoms with Crippen LogP contribution in [0.15, 0.2) is 30.6 Å². The summed E-state index contributed by atoms with van der Waals surface area (Å²) in [7, 11) is 0. The maximum atomic E-state index is 11.6. The highest BCUT2D eigenvalue weighted by Crippen LogP contribution is 2.29. The van der Waals surface area contributed by atoms with Gasteiger partial charge in [-0.1, -0.05) is 6.92 Å². The van der Waals surface area contributed by atoms with E-state index in [0.717, 1.165) is 0 Å². The molecule has 2 heterocycles. The molecule has 0 saturated carbocycles. The van der Waals surface area contributed by atoms with E-state index in [-0.39, 0.29) is 22.8 Å². The van der Waals surface area contributed by atoms with Crippen molar-refractivity contribution in [2.75, 3.05) is 0 Å². The van der Waals surface area contributed by atoms with Crippen molar-refractivity contribution in [2.45, 2.75) is 13.3 Å². The molecule has 2 rings (SSSR count). The number of aromatic hydroxyl groups is 1. The summed E-state index contributed by atoms with van der Waals surface area (Å²) in [6, 6.07) is 4.61. The number of aldehydes is 1. The van der Waals surface area contributed by atoms with Crippen molar-refractivity contribution in [1.29, 1.82) is 0 Å². The molecule has 0 saturated heterocycles. The molecule has 0 aromatic carbocycles. The topological polar surface area (TPSA) is 80.2 Å². The fourth-order valence-corrected chi connectivity index (χ4v) is 1.69. The van der Waals surface area contributed by atoms with Gasteiger partial charge in [0.2, 0.25) is 0 Å². The third kappa shape index (κ3) is 2.49. The summed E-state index contributed by atoms with van der Waals surface area (Å²) in [5, 5.41) is 9.93. The number of aromatic nitrogens is 2. The zero-order chi connectivity index (χ0) is 13.8. The molecule has 19 heavy (non-hydrogen) atoms. The number of hydrogen-bond acceptors (Lipinski definition) is 5. The van der Waals surface area contributed by atoms with E-state index >= 15 is 0 Å². The van der Waals surface area contributed by atoms with Crippen molar-refractivity contribution in [3.8, 4) is 17.0 Å². The summed E-state index contributed by atoms with van der Waals surface area (Å²) in [6.07, 6.45) is 3.82. The molecule has 1 N–H and O–H groups in total. The van der Waals surface area contributed by atoms with Gasteiger partial charge in [0, 0.05) is 24.4 Å². The lowest BCUT2D eigenvalue weighted by Gasteiger charge is -2.06. The van der Waals surface area contributed by atoms with Gasteiger partial charge in [0.1, 0.15) is 11.4 Å². The van der Waals surface area contributed by atoms with Crippen molar-refractivity contribution < 1.29 is 14.7 Å². The van der Waals surface area contributed by atoms with Crippen LogP contribution < -0.4 is 0 Å². The average molecular weight is 256 g/mol. The predicted octanol–water partition coefficient (Wildman–Crippen LogP) is 2.25. The van der Waals surface area contributed by atoms with E-state index in [1.807, 2.05) is 0 Å². The Labute approximate surface area is 110 Å². The first-order valence-electron chi connectivity index (χ1n) is 5.80. The maximum Gasteiger partial charge on any atom is 0.180 e. The van der Waals surface area contributed by atoms with Crippen molar-refractivity contribution in [1.82, 2.24) is 9.97 Å². The zero-order valence-corrected chi connectivity index (χ0v) is 10.3. The van der Waals surface area contributed by atoms with Crippen molar-refractivity contribution in [2.24, 2.45) is 0 Å². The monoisotopic (exact) mass is 256 g/mol. The number of carbonyl (C=O) groups is 2. The van der Waals surface area contributed by atoms with Gasteiger partial charge in [0.15, 0.2) is 17.8 Å². The molecule has 0 fully saturated rings. The average Bonchev–Trinajstić information content (AvgIpc) is 2.46. The number of pyridine rings is 2. The molecular formula is C14H12N2O3. The Morgan fingerprint density at radius 3 is 2.74 bits per heavy atom. The van der Waals surface area contributed by atoms with Crippen LogP contribution in [0.3, 0.4) is 0 Å². The van der Waals surface area contributed by atoms with Gasteiger partial charge in [-0.2, -0.15) is 0 Å². The normalized spacial score (nSPS) is 10.2. The molecule has 2 aromatic heterocycles. The second kappa shape index (κ2) is 5.39. The summed E-state index contributed by atoms with van der Waals surface area (Å²) in [5.74, 6) is -0.286. The molecule has 0 aliphatic heterocycles. The molecule has 0 unspecified atom stereocenters. The second-order valence-electron chi connectivity index (χ2n) is 3.92. The van der Waals surface area contributed by atoms with Crippen LogP contribution in [0.4, 0.5) is 0 Å². The van der Waals surface area contributed by atoms with E-state index in [1.54, 1.807) is 19.1 Å². The molecule has 0 radical (unpaired) electrons. The van der Waals surface area contributed by atoms with Gasteiger partial charge in [-0.25, -0.2) is 0 Å². The van der Waals surface area contributed by atoms with Crippen LogP contribution in [0.1, 0.15) is 34.2 Å². The standard InChI is InChI=1S/C14H12N2O3/c1-2-12(18)11-7-9(3-5-15-11)13-14(19)10(8-17)4-6-16-13/h3-8,19H,2H2,1H3. The summed E-state index contributed by atoms with van der Waals surface area (Å²) < 4.78 is 0. The van der Waals surface area contributed by atoms with Crippen LogP contribution in [0.2, 0.25) is 0 Å².